The molecule has 0 saturated carbocycles. The van der Waals surface area contributed by atoms with Crippen molar-refractivity contribution in [1.29, 1.82) is 0 Å². The van der Waals surface area contributed by atoms with Crippen LogP contribution in [0.15, 0.2) is 22.8 Å². The van der Waals surface area contributed by atoms with Gasteiger partial charge in [-0.05, 0) is 28.1 Å². The third-order valence-electron chi connectivity index (χ3n) is 2.71. The van der Waals surface area contributed by atoms with Gasteiger partial charge in [0, 0.05) is 23.6 Å². The standard InChI is InChI=1S/C11H11BrN4O/c12-8-1-2-9(13-7-8)11-15-14-10-3-5-17-6-4-16(10)11/h1-2,7H,3-6H2. The molecule has 1 aliphatic heterocycles. The molecule has 1 aliphatic rings. The van der Waals surface area contributed by atoms with Crippen LogP contribution in [0, 0.1) is 0 Å². The van der Waals surface area contributed by atoms with Crippen LogP contribution in [0.25, 0.3) is 11.5 Å². The van der Waals surface area contributed by atoms with E-state index in [-0.39, 0.29) is 0 Å². The first-order valence-electron chi connectivity index (χ1n) is 5.46. The van der Waals surface area contributed by atoms with Gasteiger partial charge in [0.2, 0.25) is 0 Å². The summed E-state index contributed by atoms with van der Waals surface area (Å²) in [6.07, 6.45) is 2.58. The fourth-order valence-electron chi connectivity index (χ4n) is 1.87. The average molecular weight is 295 g/mol. The van der Waals surface area contributed by atoms with Crippen molar-refractivity contribution in [2.45, 2.75) is 13.0 Å². The number of aromatic nitrogens is 4. The molecule has 0 aliphatic carbocycles. The number of fused-ring (bicyclic) bond motifs is 1. The predicted octanol–water partition coefficient (Wildman–Crippen LogP) is 1.68. The van der Waals surface area contributed by atoms with E-state index < -0.39 is 0 Å². The molecule has 0 fully saturated rings. The number of halogens is 1. The van der Waals surface area contributed by atoms with Crippen LogP contribution in [0.3, 0.4) is 0 Å². The summed E-state index contributed by atoms with van der Waals surface area (Å²) in [5, 5.41) is 8.42. The fraction of sp³-hybridized carbons (Fsp3) is 0.364. The molecular weight excluding hydrogens is 284 g/mol. The summed E-state index contributed by atoms with van der Waals surface area (Å²) in [7, 11) is 0. The highest BCUT2D eigenvalue weighted by Crippen LogP contribution is 2.19. The van der Waals surface area contributed by atoms with Crippen LogP contribution in [-0.4, -0.2) is 33.0 Å². The Bertz CT molecular complexity index is 523. The highest BCUT2D eigenvalue weighted by atomic mass is 79.9. The van der Waals surface area contributed by atoms with Crippen LogP contribution in [0.2, 0.25) is 0 Å². The molecule has 0 unspecified atom stereocenters. The van der Waals surface area contributed by atoms with E-state index in [4.69, 9.17) is 4.74 Å². The van der Waals surface area contributed by atoms with Crippen LogP contribution in [0.4, 0.5) is 0 Å². The number of hydrogen-bond acceptors (Lipinski definition) is 4. The van der Waals surface area contributed by atoms with E-state index in [0.29, 0.717) is 13.2 Å². The summed E-state index contributed by atoms with van der Waals surface area (Å²) >= 11 is 3.37. The molecule has 0 aromatic carbocycles. The molecule has 0 N–H and O–H groups in total. The van der Waals surface area contributed by atoms with Crippen molar-refractivity contribution in [3.63, 3.8) is 0 Å². The van der Waals surface area contributed by atoms with Crippen molar-refractivity contribution in [2.75, 3.05) is 13.2 Å². The molecule has 0 saturated heterocycles. The Labute approximate surface area is 107 Å². The van der Waals surface area contributed by atoms with E-state index >= 15 is 0 Å². The van der Waals surface area contributed by atoms with E-state index in [2.05, 4.69) is 35.7 Å². The van der Waals surface area contributed by atoms with Crippen LogP contribution >= 0.6 is 15.9 Å². The predicted molar refractivity (Wildman–Crippen MR) is 65.5 cm³/mol. The summed E-state index contributed by atoms with van der Waals surface area (Å²) in [4.78, 5) is 4.35. The van der Waals surface area contributed by atoms with Gasteiger partial charge >= 0.3 is 0 Å². The molecular formula is C11H11BrN4O. The van der Waals surface area contributed by atoms with Crippen LogP contribution in [0.1, 0.15) is 5.82 Å². The first kappa shape index (κ1) is 10.9. The zero-order valence-corrected chi connectivity index (χ0v) is 10.7. The summed E-state index contributed by atoms with van der Waals surface area (Å²) in [6.45, 7) is 2.20. The lowest BCUT2D eigenvalue weighted by atomic mass is 10.3. The second-order valence-corrected chi connectivity index (χ2v) is 4.73. The zero-order valence-electron chi connectivity index (χ0n) is 9.14. The van der Waals surface area contributed by atoms with Gasteiger partial charge in [-0.1, -0.05) is 0 Å². The van der Waals surface area contributed by atoms with Crippen molar-refractivity contribution in [3.05, 3.63) is 28.6 Å². The molecule has 17 heavy (non-hydrogen) atoms. The fourth-order valence-corrected chi connectivity index (χ4v) is 2.11. The molecule has 3 heterocycles. The first-order valence-corrected chi connectivity index (χ1v) is 6.25. The number of nitrogens with zero attached hydrogens (tertiary/aromatic N) is 4. The largest absolute Gasteiger partial charge is 0.379 e. The lowest BCUT2D eigenvalue weighted by Gasteiger charge is -2.05. The van der Waals surface area contributed by atoms with Gasteiger partial charge in [0.1, 0.15) is 11.5 Å². The monoisotopic (exact) mass is 294 g/mol. The van der Waals surface area contributed by atoms with Crippen molar-refractivity contribution in [2.24, 2.45) is 0 Å². The van der Waals surface area contributed by atoms with E-state index in [9.17, 15) is 0 Å². The maximum absolute atomic E-state index is 5.43. The Morgan fingerprint density at radius 3 is 3.00 bits per heavy atom. The third-order valence-corrected chi connectivity index (χ3v) is 3.18. The summed E-state index contributed by atoms with van der Waals surface area (Å²) in [5.41, 5.74) is 0.842. The molecule has 6 heteroatoms. The summed E-state index contributed by atoms with van der Waals surface area (Å²) in [5.74, 6) is 1.79. The van der Waals surface area contributed by atoms with Gasteiger partial charge in [-0.3, -0.25) is 4.98 Å². The Morgan fingerprint density at radius 2 is 2.18 bits per heavy atom. The number of hydrogen-bond donors (Lipinski definition) is 0. The van der Waals surface area contributed by atoms with Crippen LogP contribution in [0.5, 0.6) is 0 Å². The molecule has 0 radical (unpaired) electrons. The molecule has 2 aromatic rings. The third kappa shape index (κ3) is 2.10. The van der Waals surface area contributed by atoms with Crippen molar-refractivity contribution in [1.82, 2.24) is 19.7 Å². The maximum atomic E-state index is 5.43. The molecule has 0 amide bonds. The molecule has 3 rings (SSSR count). The van der Waals surface area contributed by atoms with E-state index in [1.54, 1.807) is 6.20 Å². The topological polar surface area (TPSA) is 52.8 Å². The normalized spacial score (nSPS) is 15.4. The van der Waals surface area contributed by atoms with Crippen LogP contribution < -0.4 is 0 Å². The smallest absolute Gasteiger partial charge is 0.182 e. The Morgan fingerprint density at radius 1 is 1.24 bits per heavy atom. The SMILES string of the molecule is Brc1ccc(-c2nnc3n2CCOCC3)nc1. The number of ether oxygens (including phenoxy) is 1. The second kappa shape index (κ2) is 4.54. The Hall–Kier alpha value is -1.27. The molecule has 0 bridgehead atoms. The quantitative estimate of drug-likeness (QED) is 0.803. The Kier molecular flexibility index (Phi) is 2.90. The van der Waals surface area contributed by atoms with Gasteiger partial charge in [0.15, 0.2) is 5.82 Å². The molecule has 0 spiro atoms. The lowest BCUT2D eigenvalue weighted by molar-refractivity contribution is 0.140. The second-order valence-electron chi connectivity index (χ2n) is 3.82. The number of rotatable bonds is 1. The zero-order chi connectivity index (χ0) is 11.7. The minimum Gasteiger partial charge on any atom is -0.379 e. The van der Waals surface area contributed by atoms with E-state index in [1.807, 2.05) is 12.1 Å². The van der Waals surface area contributed by atoms with Crippen LogP contribution in [-0.2, 0) is 17.7 Å². The highest BCUT2D eigenvalue weighted by Gasteiger charge is 2.16. The van der Waals surface area contributed by atoms with E-state index in [1.165, 1.54) is 0 Å². The molecule has 0 atom stereocenters. The van der Waals surface area contributed by atoms with Gasteiger partial charge in [0.05, 0.1) is 13.2 Å². The van der Waals surface area contributed by atoms with E-state index in [0.717, 1.165) is 34.8 Å². The maximum Gasteiger partial charge on any atom is 0.182 e. The minimum atomic E-state index is 0.703. The van der Waals surface area contributed by atoms with Gasteiger partial charge in [-0.2, -0.15) is 0 Å². The van der Waals surface area contributed by atoms with Gasteiger partial charge in [0.25, 0.3) is 0 Å². The molecule has 88 valence electrons. The number of pyridine rings is 1. The summed E-state index contributed by atoms with van der Waals surface area (Å²) in [6, 6.07) is 3.89. The average Bonchev–Trinajstić information content (AvgIpc) is 2.60. The highest BCUT2D eigenvalue weighted by molar-refractivity contribution is 9.10. The Balaban J connectivity index is 2.03. The molecule has 5 nitrogen and oxygen atoms in total. The lowest BCUT2D eigenvalue weighted by Crippen LogP contribution is -2.06. The minimum absolute atomic E-state index is 0.703. The van der Waals surface area contributed by atoms with Gasteiger partial charge in [-0.25, -0.2) is 0 Å². The van der Waals surface area contributed by atoms with Gasteiger partial charge < -0.3 is 9.30 Å². The van der Waals surface area contributed by atoms with Crippen molar-refractivity contribution >= 4 is 15.9 Å². The van der Waals surface area contributed by atoms with Crippen molar-refractivity contribution in [3.8, 4) is 11.5 Å². The summed E-state index contributed by atoms with van der Waals surface area (Å²) < 4.78 is 8.47. The van der Waals surface area contributed by atoms with Crippen molar-refractivity contribution < 1.29 is 4.74 Å². The molecule has 2 aromatic heterocycles. The van der Waals surface area contributed by atoms with Gasteiger partial charge in [-0.15, -0.1) is 10.2 Å². The first-order chi connectivity index (χ1) is 8.34.